The Balaban J connectivity index is 1.98. The first kappa shape index (κ1) is 19.9. The lowest BCUT2D eigenvalue weighted by Gasteiger charge is -2.26. The van der Waals surface area contributed by atoms with Crippen LogP contribution in [0.5, 0.6) is 17.2 Å². The number of rotatable bonds is 6. The van der Waals surface area contributed by atoms with E-state index in [0.29, 0.717) is 30.3 Å². The summed E-state index contributed by atoms with van der Waals surface area (Å²) in [6.07, 6.45) is 1.38. The molecule has 0 spiro atoms. The highest BCUT2D eigenvalue weighted by Crippen LogP contribution is 2.30. The second-order valence-electron chi connectivity index (χ2n) is 6.05. The number of urea groups is 1. The highest BCUT2D eigenvalue weighted by molar-refractivity contribution is 6.39. The smallest absolute Gasteiger partial charge is 0.335 e. The lowest BCUT2D eigenvalue weighted by Crippen LogP contribution is -2.54. The summed E-state index contributed by atoms with van der Waals surface area (Å²) in [5, 5.41) is 11.6. The van der Waals surface area contributed by atoms with Gasteiger partial charge in [0.05, 0.1) is 18.9 Å². The van der Waals surface area contributed by atoms with Crippen molar-refractivity contribution in [3.8, 4) is 17.2 Å². The van der Waals surface area contributed by atoms with Gasteiger partial charge < -0.3 is 14.6 Å². The zero-order valence-electron chi connectivity index (χ0n) is 16.0. The van der Waals surface area contributed by atoms with Crippen molar-refractivity contribution in [2.45, 2.75) is 13.8 Å². The van der Waals surface area contributed by atoms with Gasteiger partial charge in [0.2, 0.25) is 0 Å². The number of hydrogen-bond acceptors (Lipinski definition) is 6. The van der Waals surface area contributed by atoms with Gasteiger partial charge in [-0.25, -0.2) is 9.69 Å². The van der Waals surface area contributed by atoms with Gasteiger partial charge in [0, 0.05) is 0 Å². The Labute approximate surface area is 167 Å². The average molecular weight is 396 g/mol. The Kier molecular flexibility index (Phi) is 5.82. The molecule has 3 rings (SSSR count). The van der Waals surface area contributed by atoms with Crippen LogP contribution < -0.4 is 19.7 Å². The van der Waals surface area contributed by atoms with Gasteiger partial charge in [0.1, 0.15) is 11.3 Å². The monoisotopic (exact) mass is 396 g/mol. The fraction of sp³-hybridized carbons (Fsp3) is 0.190. The molecule has 0 atom stereocenters. The molecule has 150 valence electrons. The summed E-state index contributed by atoms with van der Waals surface area (Å²) in [4.78, 5) is 38.2. The predicted octanol–water partition coefficient (Wildman–Crippen LogP) is 2.86. The molecule has 0 aliphatic carbocycles. The largest absolute Gasteiger partial charge is 0.508 e. The van der Waals surface area contributed by atoms with E-state index in [1.807, 2.05) is 13.8 Å². The molecule has 1 saturated heterocycles. The maximum absolute atomic E-state index is 12.9. The number of ether oxygens (including phenoxy) is 2. The van der Waals surface area contributed by atoms with Crippen molar-refractivity contribution >= 4 is 29.6 Å². The maximum atomic E-state index is 12.9. The van der Waals surface area contributed by atoms with Crippen LogP contribution in [0.1, 0.15) is 19.4 Å². The molecule has 0 saturated carbocycles. The molecular weight excluding hydrogens is 376 g/mol. The third kappa shape index (κ3) is 4.21. The summed E-state index contributed by atoms with van der Waals surface area (Å²) < 4.78 is 11.1. The van der Waals surface area contributed by atoms with Crippen LogP contribution in [0.15, 0.2) is 48.0 Å². The summed E-state index contributed by atoms with van der Waals surface area (Å²) >= 11 is 0. The molecule has 0 unspecified atom stereocenters. The zero-order chi connectivity index (χ0) is 21.0. The van der Waals surface area contributed by atoms with Gasteiger partial charge in [0.15, 0.2) is 11.5 Å². The Morgan fingerprint density at radius 2 is 1.62 bits per heavy atom. The van der Waals surface area contributed by atoms with Gasteiger partial charge in [-0.1, -0.05) is 6.07 Å². The molecular formula is C21H20N2O6. The van der Waals surface area contributed by atoms with E-state index in [4.69, 9.17) is 9.47 Å². The van der Waals surface area contributed by atoms with Crippen molar-refractivity contribution in [3.63, 3.8) is 0 Å². The summed E-state index contributed by atoms with van der Waals surface area (Å²) in [6.45, 7) is 4.57. The summed E-state index contributed by atoms with van der Waals surface area (Å²) in [5.41, 5.74) is 0.560. The summed E-state index contributed by atoms with van der Waals surface area (Å²) in [6, 6.07) is 9.67. The van der Waals surface area contributed by atoms with Gasteiger partial charge in [-0.2, -0.15) is 0 Å². The van der Waals surface area contributed by atoms with Crippen LogP contribution in [0, 0.1) is 0 Å². The molecule has 8 heteroatoms. The van der Waals surface area contributed by atoms with Gasteiger partial charge in [-0.05, 0) is 61.9 Å². The first-order valence-corrected chi connectivity index (χ1v) is 9.04. The van der Waals surface area contributed by atoms with Crippen molar-refractivity contribution in [2.75, 3.05) is 18.1 Å². The molecule has 2 N–H and O–H groups in total. The molecule has 0 aromatic heterocycles. The second kappa shape index (κ2) is 8.47. The topological polar surface area (TPSA) is 105 Å². The third-order valence-electron chi connectivity index (χ3n) is 4.09. The number of carbonyl (C=O) groups is 3. The molecule has 0 bridgehead atoms. The number of benzene rings is 2. The van der Waals surface area contributed by atoms with Crippen molar-refractivity contribution in [3.05, 3.63) is 53.6 Å². The van der Waals surface area contributed by atoms with Gasteiger partial charge in [-0.3, -0.25) is 14.9 Å². The Bertz CT molecular complexity index is 981. The van der Waals surface area contributed by atoms with E-state index < -0.39 is 17.8 Å². The van der Waals surface area contributed by atoms with Crippen LogP contribution in [0.3, 0.4) is 0 Å². The molecule has 1 fully saturated rings. The number of anilines is 1. The number of barbiturate groups is 1. The quantitative estimate of drug-likeness (QED) is 0.575. The molecule has 1 aliphatic rings. The molecule has 2 aromatic carbocycles. The molecule has 4 amide bonds. The lowest BCUT2D eigenvalue weighted by atomic mass is 10.1. The number of aromatic hydroxyl groups is 1. The van der Waals surface area contributed by atoms with E-state index in [-0.39, 0.29) is 17.0 Å². The first-order chi connectivity index (χ1) is 13.9. The van der Waals surface area contributed by atoms with Crippen molar-refractivity contribution in [2.24, 2.45) is 0 Å². The van der Waals surface area contributed by atoms with Gasteiger partial charge in [-0.15, -0.1) is 0 Å². The van der Waals surface area contributed by atoms with Crippen LogP contribution >= 0.6 is 0 Å². The zero-order valence-corrected chi connectivity index (χ0v) is 16.0. The number of hydrogen-bond donors (Lipinski definition) is 2. The van der Waals surface area contributed by atoms with Crippen LogP contribution in [0.25, 0.3) is 6.08 Å². The van der Waals surface area contributed by atoms with E-state index in [9.17, 15) is 19.5 Å². The molecule has 0 radical (unpaired) electrons. The van der Waals surface area contributed by atoms with Gasteiger partial charge >= 0.3 is 6.03 Å². The molecule has 8 nitrogen and oxygen atoms in total. The minimum Gasteiger partial charge on any atom is -0.508 e. The number of amides is 4. The van der Waals surface area contributed by atoms with E-state index in [2.05, 4.69) is 5.32 Å². The number of nitrogens with zero attached hydrogens (tertiary/aromatic N) is 1. The van der Waals surface area contributed by atoms with Crippen LogP contribution in [0.4, 0.5) is 10.5 Å². The van der Waals surface area contributed by atoms with E-state index in [1.165, 1.54) is 30.3 Å². The first-order valence-electron chi connectivity index (χ1n) is 9.04. The number of phenols is 1. The minimum absolute atomic E-state index is 0.0108. The normalized spacial score (nSPS) is 15.4. The minimum atomic E-state index is -0.857. The maximum Gasteiger partial charge on any atom is 0.335 e. The molecule has 1 heterocycles. The number of nitrogens with one attached hydrogen (secondary N) is 1. The highest BCUT2D eigenvalue weighted by atomic mass is 16.5. The van der Waals surface area contributed by atoms with Crippen LogP contribution in [-0.4, -0.2) is 36.2 Å². The number of phenolic OH excluding ortho intramolecular Hbond substituents is 1. The third-order valence-corrected chi connectivity index (χ3v) is 4.09. The predicted molar refractivity (Wildman–Crippen MR) is 106 cm³/mol. The number of carbonyl (C=O) groups excluding carboxylic acids is 3. The Hall–Kier alpha value is -3.81. The fourth-order valence-corrected chi connectivity index (χ4v) is 2.82. The standard InChI is InChI=1S/C21H20N2O6/c1-3-28-17-10-5-13(12-18(17)29-4-2)11-16-19(25)22-21(27)23(20(16)26)14-6-8-15(24)9-7-14/h5-12,24H,3-4H2,1-2H3,(H,22,25,27)/b16-11+. The molecule has 1 aliphatic heterocycles. The van der Waals surface area contributed by atoms with Gasteiger partial charge in [0.25, 0.3) is 11.8 Å². The van der Waals surface area contributed by atoms with Crippen molar-refractivity contribution < 1.29 is 29.0 Å². The molecule has 2 aromatic rings. The van der Waals surface area contributed by atoms with Crippen molar-refractivity contribution in [1.82, 2.24) is 5.32 Å². The summed E-state index contributed by atoms with van der Waals surface area (Å²) in [5.74, 6) is -0.530. The Morgan fingerprint density at radius 1 is 0.966 bits per heavy atom. The fourth-order valence-electron chi connectivity index (χ4n) is 2.82. The Morgan fingerprint density at radius 3 is 2.28 bits per heavy atom. The summed E-state index contributed by atoms with van der Waals surface area (Å²) in [7, 11) is 0. The van der Waals surface area contributed by atoms with Crippen LogP contribution in [-0.2, 0) is 9.59 Å². The molecule has 29 heavy (non-hydrogen) atoms. The average Bonchev–Trinajstić information content (AvgIpc) is 2.69. The SMILES string of the molecule is CCOc1ccc(/C=C2\C(=O)NC(=O)N(c3ccc(O)cc3)C2=O)cc1OCC. The van der Waals surface area contributed by atoms with E-state index in [0.717, 1.165) is 4.90 Å². The second-order valence-corrected chi connectivity index (χ2v) is 6.05. The van der Waals surface area contributed by atoms with E-state index >= 15 is 0 Å². The van der Waals surface area contributed by atoms with E-state index in [1.54, 1.807) is 18.2 Å². The highest BCUT2D eigenvalue weighted by Gasteiger charge is 2.36. The number of imide groups is 2. The lowest BCUT2D eigenvalue weighted by molar-refractivity contribution is -0.122. The van der Waals surface area contributed by atoms with Crippen molar-refractivity contribution in [1.29, 1.82) is 0 Å². The van der Waals surface area contributed by atoms with Crippen LogP contribution in [0.2, 0.25) is 0 Å².